The van der Waals surface area contributed by atoms with E-state index in [-0.39, 0.29) is 0 Å². The predicted molar refractivity (Wildman–Crippen MR) is 79.2 cm³/mol. The summed E-state index contributed by atoms with van der Waals surface area (Å²) < 4.78 is 0. The maximum atomic E-state index is 4.54. The molecule has 0 saturated carbocycles. The number of para-hydroxylation sites is 1. The van der Waals surface area contributed by atoms with Crippen LogP contribution in [0.4, 0.5) is 5.69 Å². The molecule has 0 aromatic heterocycles. The van der Waals surface area contributed by atoms with Crippen molar-refractivity contribution in [2.45, 2.75) is 5.75 Å². The smallest absolute Gasteiger partial charge is 0.0781 e. The van der Waals surface area contributed by atoms with Gasteiger partial charge in [0.15, 0.2) is 0 Å². The first-order valence-electron chi connectivity index (χ1n) is 5.97. The zero-order valence-electron chi connectivity index (χ0n) is 9.97. The van der Waals surface area contributed by atoms with Crippen molar-refractivity contribution in [1.82, 2.24) is 0 Å². The van der Waals surface area contributed by atoms with Gasteiger partial charge in [0.2, 0.25) is 0 Å². The number of thioether (sulfide) groups is 1. The van der Waals surface area contributed by atoms with Crippen LogP contribution in [0.3, 0.4) is 0 Å². The van der Waals surface area contributed by atoms with Gasteiger partial charge in [-0.1, -0.05) is 42.5 Å². The zero-order chi connectivity index (χ0) is 12.2. The normalized spacial score (nSPS) is 16.3. The number of benzene rings is 2. The topological polar surface area (TPSA) is 24.4 Å². The van der Waals surface area contributed by atoms with Crippen molar-refractivity contribution in [1.29, 1.82) is 0 Å². The van der Waals surface area contributed by atoms with Gasteiger partial charge in [-0.2, -0.15) is 16.9 Å². The standard InChI is InChI=1S/C15H14N2S/c1-2-7-13(8-3-1)16-17-15-11-18-10-12-6-4-5-9-14(12)15/h1-9,16H,10-11H2/b17-15-. The van der Waals surface area contributed by atoms with Crippen molar-refractivity contribution in [3.8, 4) is 0 Å². The van der Waals surface area contributed by atoms with E-state index in [9.17, 15) is 0 Å². The second kappa shape index (κ2) is 5.27. The average Bonchev–Trinajstić information content (AvgIpc) is 2.46. The van der Waals surface area contributed by atoms with E-state index < -0.39 is 0 Å². The first-order valence-corrected chi connectivity index (χ1v) is 7.12. The Balaban J connectivity index is 1.85. The maximum absolute atomic E-state index is 4.54. The van der Waals surface area contributed by atoms with Crippen molar-refractivity contribution in [2.75, 3.05) is 11.2 Å². The van der Waals surface area contributed by atoms with Crippen LogP contribution in [0.25, 0.3) is 0 Å². The number of fused-ring (bicyclic) bond motifs is 1. The molecule has 1 heterocycles. The molecule has 0 amide bonds. The number of rotatable bonds is 2. The number of hydrogen-bond acceptors (Lipinski definition) is 3. The van der Waals surface area contributed by atoms with Gasteiger partial charge in [0.05, 0.1) is 11.4 Å². The molecule has 0 bridgehead atoms. The Morgan fingerprint density at radius 2 is 1.67 bits per heavy atom. The number of nitrogens with one attached hydrogen (secondary N) is 1. The Morgan fingerprint density at radius 1 is 0.889 bits per heavy atom. The van der Waals surface area contributed by atoms with E-state index in [0.29, 0.717) is 0 Å². The summed E-state index contributed by atoms with van der Waals surface area (Å²) in [5.74, 6) is 2.05. The Labute approximate surface area is 111 Å². The van der Waals surface area contributed by atoms with E-state index in [1.54, 1.807) is 0 Å². The molecular weight excluding hydrogens is 240 g/mol. The third kappa shape index (κ3) is 2.41. The fourth-order valence-corrected chi connectivity index (χ4v) is 2.99. The van der Waals surface area contributed by atoms with Crippen LogP contribution in [0.1, 0.15) is 11.1 Å². The maximum Gasteiger partial charge on any atom is 0.0781 e. The van der Waals surface area contributed by atoms with Gasteiger partial charge in [0.25, 0.3) is 0 Å². The van der Waals surface area contributed by atoms with E-state index in [1.165, 1.54) is 11.1 Å². The lowest BCUT2D eigenvalue weighted by Gasteiger charge is -2.17. The monoisotopic (exact) mass is 254 g/mol. The largest absolute Gasteiger partial charge is 0.278 e. The molecular formula is C15H14N2S. The molecule has 18 heavy (non-hydrogen) atoms. The zero-order valence-corrected chi connectivity index (χ0v) is 10.8. The highest BCUT2D eigenvalue weighted by Crippen LogP contribution is 2.24. The number of hydrogen-bond donors (Lipinski definition) is 1. The van der Waals surface area contributed by atoms with Gasteiger partial charge < -0.3 is 0 Å². The highest BCUT2D eigenvalue weighted by atomic mass is 32.2. The molecule has 2 nitrogen and oxygen atoms in total. The Bertz CT molecular complexity index is 564. The quantitative estimate of drug-likeness (QED) is 0.825. The molecule has 2 aromatic carbocycles. The van der Waals surface area contributed by atoms with Gasteiger partial charge in [-0.05, 0) is 17.7 Å². The SMILES string of the molecule is c1ccc(N/N=C2/CSCc3ccccc32)cc1. The number of nitrogens with zero attached hydrogens (tertiary/aromatic N) is 1. The summed E-state index contributed by atoms with van der Waals surface area (Å²) in [6.07, 6.45) is 0. The van der Waals surface area contributed by atoms with Crippen LogP contribution in [0.5, 0.6) is 0 Å². The van der Waals surface area contributed by atoms with E-state index in [4.69, 9.17) is 0 Å². The summed E-state index contributed by atoms with van der Waals surface area (Å²) in [7, 11) is 0. The van der Waals surface area contributed by atoms with E-state index in [1.807, 2.05) is 42.1 Å². The van der Waals surface area contributed by atoms with Gasteiger partial charge in [0.1, 0.15) is 0 Å². The minimum absolute atomic E-state index is 0.969. The van der Waals surface area contributed by atoms with Crippen LogP contribution < -0.4 is 5.43 Å². The Morgan fingerprint density at radius 3 is 2.56 bits per heavy atom. The fraction of sp³-hybridized carbons (Fsp3) is 0.133. The highest BCUT2D eigenvalue weighted by Gasteiger charge is 2.14. The minimum Gasteiger partial charge on any atom is -0.278 e. The Hall–Kier alpha value is -1.74. The molecule has 1 aliphatic rings. The summed E-state index contributed by atoms with van der Waals surface area (Å²) in [4.78, 5) is 0. The molecule has 0 fully saturated rings. The van der Waals surface area contributed by atoms with Crippen molar-refractivity contribution >= 4 is 23.2 Å². The second-order valence-electron chi connectivity index (χ2n) is 4.19. The molecule has 3 rings (SSSR count). The third-order valence-electron chi connectivity index (χ3n) is 2.92. The summed E-state index contributed by atoms with van der Waals surface area (Å²) in [6.45, 7) is 0. The summed E-state index contributed by atoms with van der Waals surface area (Å²) in [6, 6.07) is 18.6. The lowest BCUT2D eigenvalue weighted by atomic mass is 10.0. The van der Waals surface area contributed by atoms with Gasteiger partial charge in [-0.3, -0.25) is 5.43 Å². The van der Waals surface area contributed by atoms with Crippen LogP contribution in [-0.2, 0) is 5.75 Å². The Kier molecular flexibility index (Phi) is 3.33. The summed E-state index contributed by atoms with van der Waals surface area (Å²) >= 11 is 1.91. The molecule has 0 atom stereocenters. The van der Waals surface area contributed by atoms with Crippen LogP contribution >= 0.6 is 11.8 Å². The molecule has 90 valence electrons. The average molecular weight is 254 g/mol. The van der Waals surface area contributed by atoms with Crippen LogP contribution in [0.15, 0.2) is 59.7 Å². The molecule has 0 aliphatic carbocycles. The third-order valence-corrected chi connectivity index (χ3v) is 3.91. The van der Waals surface area contributed by atoms with E-state index >= 15 is 0 Å². The van der Waals surface area contributed by atoms with Crippen LogP contribution in [-0.4, -0.2) is 11.5 Å². The molecule has 1 N–H and O–H groups in total. The van der Waals surface area contributed by atoms with Crippen molar-refractivity contribution in [3.63, 3.8) is 0 Å². The predicted octanol–water partition coefficient (Wildman–Crippen LogP) is 3.75. The molecule has 0 saturated heterocycles. The molecule has 1 aliphatic heterocycles. The van der Waals surface area contributed by atoms with Crippen LogP contribution in [0.2, 0.25) is 0 Å². The minimum atomic E-state index is 0.969. The molecule has 0 unspecified atom stereocenters. The fourth-order valence-electron chi connectivity index (χ4n) is 2.00. The van der Waals surface area contributed by atoms with Crippen molar-refractivity contribution in [3.05, 3.63) is 65.7 Å². The number of anilines is 1. The second-order valence-corrected chi connectivity index (χ2v) is 5.17. The van der Waals surface area contributed by atoms with Crippen molar-refractivity contribution in [2.24, 2.45) is 5.10 Å². The lowest BCUT2D eigenvalue weighted by molar-refractivity contribution is 1.29. The van der Waals surface area contributed by atoms with Gasteiger partial charge in [-0.25, -0.2) is 0 Å². The molecule has 2 aromatic rings. The van der Waals surface area contributed by atoms with Crippen LogP contribution in [0, 0.1) is 0 Å². The van der Waals surface area contributed by atoms with Gasteiger partial charge in [-0.15, -0.1) is 0 Å². The molecule has 0 radical (unpaired) electrons. The van der Waals surface area contributed by atoms with Gasteiger partial charge >= 0.3 is 0 Å². The first-order chi connectivity index (χ1) is 8.93. The number of hydrazone groups is 1. The molecule has 0 spiro atoms. The summed E-state index contributed by atoms with van der Waals surface area (Å²) in [5.41, 5.74) is 7.94. The summed E-state index contributed by atoms with van der Waals surface area (Å²) in [5, 5.41) is 4.54. The lowest BCUT2D eigenvalue weighted by Crippen LogP contribution is -2.14. The van der Waals surface area contributed by atoms with E-state index in [0.717, 1.165) is 22.9 Å². The highest BCUT2D eigenvalue weighted by molar-refractivity contribution is 7.99. The molecule has 3 heteroatoms. The van der Waals surface area contributed by atoms with Gasteiger partial charge in [0, 0.05) is 17.1 Å². The van der Waals surface area contributed by atoms with Crippen molar-refractivity contribution < 1.29 is 0 Å². The first kappa shape index (κ1) is 11.4. The van der Waals surface area contributed by atoms with E-state index in [2.05, 4.69) is 34.8 Å².